The summed E-state index contributed by atoms with van der Waals surface area (Å²) in [6.07, 6.45) is -2.35. The number of piperidine rings is 1. The van der Waals surface area contributed by atoms with Crippen molar-refractivity contribution >= 4 is 27.3 Å². The molecule has 4 rings (SSSR count). The molecular weight excluding hydrogens is 591 g/mol. The van der Waals surface area contributed by atoms with E-state index in [-0.39, 0.29) is 23.1 Å². The molecule has 2 heterocycles. The first-order chi connectivity index (χ1) is 20.6. The molecular formula is C32H46F3N5O3S. The first-order valence-corrected chi connectivity index (χ1v) is 16.8. The Bertz CT molecular complexity index is 1380. The minimum absolute atomic E-state index is 0.110. The summed E-state index contributed by atoms with van der Waals surface area (Å²) in [5.74, 6) is 0.110. The average molecular weight is 638 g/mol. The van der Waals surface area contributed by atoms with Gasteiger partial charge in [0.2, 0.25) is 15.9 Å². The zero-order valence-corrected chi connectivity index (χ0v) is 27.3. The van der Waals surface area contributed by atoms with Gasteiger partial charge in [-0.25, -0.2) is 12.7 Å². The molecule has 2 aliphatic rings. The third kappa shape index (κ3) is 8.45. The van der Waals surface area contributed by atoms with Crippen LogP contribution in [0.15, 0.2) is 47.4 Å². The van der Waals surface area contributed by atoms with Crippen LogP contribution in [0.25, 0.3) is 0 Å². The van der Waals surface area contributed by atoms with Crippen LogP contribution >= 0.6 is 0 Å². The minimum atomic E-state index is -4.82. The number of benzene rings is 2. The molecule has 8 nitrogen and oxygen atoms in total. The average Bonchev–Trinajstić information content (AvgIpc) is 2.97. The Labute approximate surface area is 260 Å². The molecule has 0 spiro atoms. The van der Waals surface area contributed by atoms with Crippen LogP contribution in [0.3, 0.4) is 0 Å². The van der Waals surface area contributed by atoms with Crippen molar-refractivity contribution in [2.45, 2.75) is 69.0 Å². The number of nitrogens with one attached hydrogen (secondary N) is 1. The summed E-state index contributed by atoms with van der Waals surface area (Å²) < 4.78 is 66.8. The van der Waals surface area contributed by atoms with E-state index in [1.54, 1.807) is 0 Å². The Kier molecular flexibility index (Phi) is 10.6. The van der Waals surface area contributed by atoms with Crippen LogP contribution in [0.2, 0.25) is 0 Å². The van der Waals surface area contributed by atoms with Gasteiger partial charge < -0.3 is 15.1 Å². The van der Waals surface area contributed by atoms with E-state index in [4.69, 9.17) is 0 Å². The number of halogens is 3. The van der Waals surface area contributed by atoms with Crippen molar-refractivity contribution in [1.82, 2.24) is 14.1 Å². The summed E-state index contributed by atoms with van der Waals surface area (Å²) >= 11 is 0. The highest BCUT2D eigenvalue weighted by Gasteiger charge is 2.38. The molecule has 1 N–H and O–H groups in total. The monoisotopic (exact) mass is 637 g/mol. The number of nitrogens with zero attached hydrogens (tertiary/aromatic N) is 4. The highest BCUT2D eigenvalue weighted by Crippen LogP contribution is 2.37. The van der Waals surface area contributed by atoms with Crippen molar-refractivity contribution in [3.63, 3.8) is 0 Å². The maximum atomic E-state index is 13.7. The molecule has 0 bridgehead atoms. The van der Waals surface area contributed by atoms with Crippen LogP contribution in [-0.2, 0) is 26.4 Å². The summed E-state index contributed by atoms with van der Waals surface area (Å²) in [5.41, 5.74) is 1.73. The lowest BCUT2D eigenvalue weighted by molar-refractivity contribution is -0.140. The van der Waals surface area contributed by atoms with Crippen LogP contribution in [0.4, 0.5) is 24.5 Å². The lowest BCUT2D eigenvalue weighted by Crippen LogP contribution is -2.47. The first-order valence-electron chi connectivity index (χ1n) is 15.3. The van der Waals surface area contributed by atoms with Crippen molar-refractivity contribution in [2.75, 3.05) is 70.1 Å². The van der Waals surface area contributed by atoms with E-state index < -0.39 is 26.7 Å². The van der Waals surface area contributed by atoms with E-state index in [0.29, 0.717) is 32.4 Å². The normalized spacial score (nSPS) is 17.8. The van der Waals surface area contributed by atoms with Gasteiger partial charge in [-0.05, 0) is 67.1 Å². The topological polar surface area (TPSA) is 76.2 Å². The van der Waals surface area contributed by atoms with E-state index in [1.165, 1.54) is 31.4 Å². The number of carbonyl (C=O) groups excluding carboxylic acids is 1. The van der Waals surface area contributed by atoms with Crippen LogP contribution < -0.4 is 10.2 Å². The summed E-state index contributed by atoms with van der Waals surface area (Å²) in [6, 6.07) is 12.0. The van der Waals surface area contributed by atoms with Gasteiger partial charge in [0.05, 0.1) is 10.5 Å². The van der Waals surface area contributed by atoms with Crippen molar-refractivity contribution in [1.29, 1.82) is 0 Å². The van der Waals surface area contributed by atoms with E-state index in [1.807, 2.05) is 4.90 Å². The molecule has 12 heteroatoms. The predicted molar refractivity (Wildman–Crippen MR) is 169 cm³/mol. The highest BCUT2D eigenvalue weighted by molar-refractivity contribution is 7.89. The van der Waals surface area contributed by atoms with Gasteiger partial charge in [0.25, 0.3) is 0 Å². The fourth-order valence-electron chi connectivity index (χ4n) is 5.79. The molecule has 2 saturated heterocycles. The zero-order chi connectivity index (χ0) is 32.3. The number of amides is 1. The molecule has 0 saturated carbocycles. The molecule has 0 aliphatic carbocycles. The number of carbonyl (C=O) groups is 1. The number of sulfonamides is 1. The molecule has 1 amide bonds. The van der Waals surface area contributed by atoms with Crippen molar-refractivity contribution in [3.05, 3.63) is 53.6 Å². The SMILES string of the molecule is CN(C)S(=O)(=O)c1ccc(NC2CCN(C(=O)CCCN3CCN(c4ccc(C(C)(C)C)cc4)CC3)CC2)cc1C(F)(F)F. The number of likely N-dealkylation sites (tertiary alicyclic amines) is 1. The second-order valence-electron chi connectivity index (χ2n) is 13.0. The molecule has 0 unspecified atom stereocenters. The van der Waals surface area contributed by atoms with E-state index in [0.717, 1.165) is 55.6 Å². The standard InChI is InChI=1S/C32H46F3N5O3S/c1-31(2,3)24-8-11-27(12-9-24)39-21-19-38(20-22-39)16-6-7-30(41)40-17-14-25(15-18-40)36-26-10-13-29(44(42,43)37(4)5)28(23-26)32(33,34)35/h8-13,23,25,36H,6-7,14-22H2,1-5H3. The smallest absolute Gasteiger partial charge is 0.382 e. The lowest BCUT2D eigenvalue weighted by atomic mass is 9.87. The Balaban J connectivity index is 1.19. The Morgan fingerprint density at radius 2 is 1.55 bits per heavy atom. The molecule has 244 valence electrons. The van der Waals surface area contributed by atoms with Crippen molar-refractivity contribution in [3.8, 4) is 0 Å². The van der Waals surface area contributed by atoms with Crippen LogP contribution in [0, 0.1) is 0 Å². The fraction of sp³-hybridized carbons (Fsp3) is 0.594. The van der Waals surface area contributed by atoms with Crippen molar-refractivity contribution in [2.24, 2.45) is 0 Å². The Morgan fingerprint density at radius 3 is 2.09 bits per heavy atom. The second-order valence-corrected chi connectivity index (χ2v) is 15.1. The van der Waals surface area contributed by atoms with Crippen molar-refractivity contribution < 1.29 is 26.4 Å². The van der Waals surface area contributed by atoms with Gasteiger partial charge >= 0.3 is 6.18 Å². The van der Waals surface area contributed by atoms with Gasteiger partial charge in [-0.1, -0.05) is 32.9 Å². The summed E-state index contributed by atoms with van der Waals surface area (Å²) in [7, 11) is -1.86. The van der Waals surface area contributed by atoms with E-state index in [2.05, 4.69) is 60.2 Å². The second kappa shape index (κ2) is 13.7. The minimum Gasteiger partial charge on any atom is -0.382 e. The number of hydrogen-bond donors (Lipinski definition) is 1. The number of hydrogen-bond acceptors (Lipinski definition) is 6. The van der Waals surface area contributed by atoms with Gasteiger partial charge in [0, 0.05) is 77.2 Å². The number of alkyl halides is 3. The van der Waals surface area contributed by atoms with Crippen LogP contribution in [-0.4, -0.2) is 94.4 Å². The highest BCUT2D eigenvalue weighted by atomic mass is 32.2. The van der Waals surface area contributed by atoms with Gasteiger partial charge in [-0.15, -0.1) is 0 Å². The molecule has 2 aromatic rings. The van der Waals surface area contributed by atoms with E-state index in [9.17, 15) is 26.4 Å². The van der Waals surface area contributed by atoms with E-state index >= 15 is 0 Å². The Morgan fingerprint density at radius 1 is 0.932 bits per heavy atom. The maximum Gasteiger partial charge on any atom is 0.417 e. The summed E-state index contributed by atoms with van der Waals surface area (Å²) in [4.78, 5) is 18.8. The van der Waals surface area contributed by atoms with Gasteiger partial charge in [-0.3, -0.25) is 9.69 Å². The summed E-state index contributed by atoms with van der Waals surface area (Å²) in [5, 5.41) is 3.11. The van der Waals surface area contributed by atoms with Crippen LogP contribution in [0.5, 0.6) is 0 Å². The predicted octanol–water partition coefficient (Wildman–Crippen LogP) is 5.26. The first kappa shape index (κ1) is 34.1. The third-order valence-electron chi connectivity index (χ3n) is 8.60. The lowest BCUT2D eigenvalue weighted by Gasteiger charge is -2.36. The molecule has 2 aliphatic heterocycles. The number of rotatable bonds is 9. The van der Waals surface area contributed by atoms with Crippen LogP contribution in [0.1, 0.15) is 57.6 Å². The quantitative estimate of drug-likeness (QED) is 0.405. The zero-order valence-electron chi connectivity index (χ0n) is 26.5. The number of anilines is 2. The molecule has 0 aromatic heterocycles. The maximum absolute atomic E-state index is 13.7. The summed E-state index contributed by atoms with van der Waals surface area (Å²) in [6.45, 7) is 12.4. The number of piperazine rings is 1. The molecule has 2 fully saturated rings. The van der Waals surface area contributed by atoms with Gasteiger partial charge in [0.15, 0.2) is 0 Å². The molecule has 44 heavy (non-hydrogen) atoms. The molecule has 0 atom stereocenters. The third-order valence-corrected chi connectivity index (χ3v) is 10.5. The van der Waals surface area contributed by atoms with Gasteiger partial charge in [-0.2, -0.15) is 13.2 Å². The molecule has 0 radical (unpaired) electrons. The fourth-order valence-corrected chi connectivity index (χ4v) is 6.87. The van der Waals surface area contributed by atoms with Gasteiger partial charge in [0.1, 0.15) is 0 Å². The Hall–Kier alpha value is -2.83. The molecule has 2 aromatic carbocycles. The largest absolute Gasteiger partial charge is 0.417 e.